The lowest BCUT2D eigenvalue weighted by atomic mass is 10.2. The highest BCUT2D eigenvalue weighted by molar-refractivity contribution is 6.30. The van der Waals surface area contributed by atoms with E-state index in [-0.39, 0.29) is 17.5 Å². The van der Waals surface area contributed by atoms with Gasteiger partial charge in [0, 0.05) is 31.5 Å². The van der Waals surface area contributed by atoms with E-state index in [1.54, 1.807) is 12.3 Å². The number of carbonyl (C=O) groups is 1. The first-order chi connectivity index (χ1) is 13.0. The van der Waals surface area contributed by atoms with Gasteiger partial charge in [-0.15, -0.1) is 5.10 Å². The summed E-state index contributed by atoms with van der Waals surface area (Å²) in [5.74, 6) is 0.175. The first kappa shape index (κ1) is 17.5. The standard InChI is InChI=1S/C17H18ClN7O2/c1-24-5-3-11(9-24)27-13-2-4-20-7-12(13)22-17(26)14-15(19)23-25-8-10(18)6-21-16(14)25/h2,4,6-8,11H,3,5,9H2,1H3,(H2,19,23)(H,22,26)/t11-/m1/s1. The van der Waals surface area contributed by atoms with Crippen molar-refractivity contribution in [3.63, 3.8) is 0 Å². The quantitative estimate of drug-likeness (QED) is 0.700. The molecule has 0 unspecified atom stereocenters. The van der Waals surface area contributed by atoms with E-state index in [1.807, 2.05) is 7.05 Å². The summed E-state index contributed by atoms with van der Waals surface area (Å²) in [6.07, 6.45) is 7.13. The van der Waals surface area contributed by atoms with Crippen molar-refractivity contribution in [1.82, 2.24) is 24.5 Å². The molecule has 0 aliphatic carbocycles. The Morgan fingerprint density at radius 1 is 1.44 bits per heavy atom. The Morgan fingerprint density at radius 3 is 3.07 bits per heavy atom. The van der Waals surface area contributed by atoms with Crippen molar-refractivity contribution in [2.45, 2.75) is 12.5 Å². The number of likely N-dealkylation sites (tertiary alicyclic amines) is 1. The number of carbonyl (C=O) groups excluding carboxylic acids is 1. The van der Waals surface area contributed by atoms with Crippen LogP contribution in [-0.2, 0) is 0 Å². The number of hydrogen-bond acceptors (Lipinski definition) is 7. The summed E-state index contributed by atoms with van der Waals surface area (Å²) in [5, 5.41) is 7.27. The number of halogens is 1. The van der Waals surface area contributed by atoms with E-state index in [2.05, 4.69) is 25.3 Å². The molecule has 1 aliphatic heterocycles. The van der Waals surface area contributed by atoms with E-state index in [0.29, 0.717) is 22.1 Å². The van der Waals surface area contributed by atoms with E-state index in [0.717, 1.165) is 19.5 Å². The number of nitrogens with one attached hydrogen (secondary N) is 1. The molecule has 3 N–H and O–H groups in total. The fourth-order valence-electron chi connectivity index (χ4n) is 3.08. The van der Waals surface area contributed by atoms with Crippen LogP contribution in [-0.4, -0.2) is 56.6 Å². The van der Waals surface area contributed by atoms with E-state index in [9.17, 15) is 4.79 Å². The molecule has 0 bridgehead atoms. The third-order valence-corrected chi connectivity index (χ3v) is 4.56. The van der Waals surface area contributed by atoms with Gasteiger partial charge in [0.15, 0.2) is 11.5 Å². The number of hydrogen-bond donors (Lipinski definition) is 2. The van der Waals surface area contributed by atoms with Crippen LogP contribution >= 0.6 is 11.6 Å². The van der Waals surface area contributed by atoms with Crippen LogP contribution in [0.2, 0.25) is 5.02 Å². The lowest BCUT2D eigenvalue weighted by molar-refractivity contribution is 0.102. The highest BCUT2D eigenvalue weighted by atomic mass is 35.5. The molecule has 1 aliphatic rings. The number of rotatable bonds is 4. The number of nitrogens with two attached hydrogens (primary N) is 1. The van der Waals surface area contributed by atoms with Crippen LogP contribution in [0.25, 0.3) is 5.65 Å². The van der Waals surface area contributed by atoms with Gasteiger partial charge in [0.1, 0.15) is 23.1 Å². The van der Waals surface area contributed by atoms with Gasteiger partial charge in [-0.1, -0.05) is 11.6 Å². The Hall–Kier alpha value is -2.91. The number of nitrogen functional groups attached to an aromatic ring is 1. The number of aromatic nitrogens is 4. The van der Waals surface area contributed by atoms with Crippen molar-refractivity contribution in [2.75, 3.05) is 31.2 Å². The maximum absolute atomic E-state index is 12.8. The van der Waals surface area contributed by atoms with Crippen LogP contribution in [0.4, 0.5) is 11.5 Å². The van der Waals surface area contributed by atoms with Gasteiger partial charge in [-0.05, 0) is 13.5 Å². The van der Waals surface area contributed by atoms with Crippen LogP contribution in [0, 0.1) is 0 Å². The van der Waals surface area contributed by atoms with Crippen LogP contribution in [0.5, 0.6) is 5.75 Å². The Kier molecular flexibility index (Phi) is 4.54. The topological polar surface area (TPSA) is 111 Å². The fraction of sp³-hybridized carbons (Fsp3) is 0.294. The number of fused-ring (bicyclic) bond motifs is 1. The Bertz CT molecular complexity index is 1010. The summed E-state index contributed by atoms with van der Waals surface area (Å²) in [5.41, 5.74) is 6.86. The Balaban J connectivity index is 1.60. The van der Waals surface area contributed by atoms with Crippen molar-refractivity contribution in [2.24, 2.45) is 0 Å². The van der Waals surface area contributed by atoms with Gasteiger partial charge in [0.05, 0.1) is 17.4 Å². The van der Waals surface area contributed by atoms with E-state index in [4.69, 9.17) is 22.1 Å². The highest BCUT2D eigenvalue weighted by Gasteiger charge is 2.24. The number of pyridine rings is 1. The molecule has 0 aromatic carbocycles. The summed E-state index contributed by atoms with van der Waals surface area (Å²) in [4.78, 5) is 23.3. The number of nitrogens with zero attached hydrogens (tertiary/aromatic N) is 5. The van der Waals surface area contributed by atoms with E-state index in [1.165, 1.54) is 23.1 Å². The molecule has 140 valence electrons. The van der Waals surface area contributed by atoms with Crippen molar-refractivity contribution in [3.8, 4) is 5.75 Å². The van der Waals surface area contributed by atoms with E-state index < -0.39 is 5.91 Å². The predicted molar refractivity (Wildman–Crippen MR) is 101 cm³/mol. The van der Waals surface area contributed by atoms with Crippen molar-refractivity contribution < 1.29 is 9.53 Å². The molecule has 3 aromatic rings. The third kappa shape index (κ3) is 3.51. The lowest BCUT2D eigenvalue weighted by Crippen LogP contribution is -2.22. The second-order valence-corrected chi connectivity index (χ2v) is 6.85. The number of likely N-dealkylation sites (N-methyl/N-ethyl adjacent to an activating group) is 1. The zero-order chi connectivity index (χ0) is 19.0. The van der Waals surface area contributed by atoms with E-state index >= 15 is 0 Å². The molecule has 4 rings (SSSR count). The molecule has 1 atom stereocenters. The monoisotopic (exact) mass is 387 g/mol. The summed E-state index contributed by atoms with van der Waals surface area (Å²) >= 11 is 5.91. The largest absolute Gasteiger partial charge is 0.487 e. The minimum atomic E-state index is -0.446. The number of amides is 1. The molecule has 0 radical (unpaired) electrons. The molecule has 9 nitrogen and oxygen atoms in total. The molecule has 1 saturated heterocycles. The van der Waals surface area contributed by atoms with Crippen molar-refractivity contribution >= 4 is 34.7 Å². The molecule has 27 heavy (non-hydrogen) atoms. The molecular formula is C17H18ClN7O2. The maximum atomic E-state index is 12.8. The highest BCUT2D eigenvalue weighted by Crippen LogP contribution is 2.27. The molecule has 0 spiro atoms. The second kappa shape index (κ2) is 7.01. The van der Waals surface area contributed by atoms with Crippen LogP contribution in [0.3, 0.4) is 0 Å². The zero-order valence-corrected chi connectivity index (χ0v) is 15.3. The predicted octanol–water partition coefficient (Wildman–Crippen LogP) is 1.70. The lowest BCUT2D eigenvalue weighted by Gasteiger charge is -2.16. The summed E-state index contributed by atoms with van der Waals surface area (Å²) in [6, 6.07) is 1.73. The maximum Gasteiger partial charge on any atom is 0.263 e. The Morgan fingerprint density at radius 2 is 2.30 bits per heavy atom. The molecular weight excluding hydrogens is 370 g/mol. The molecule has 10 heteroatoms. The minimum absolute atomic E-state index is 0.0612. The number of ether oxygens (including phenoxy) is 1. The normalized spacial score (nSPS) is 17.3. The second-order valence-electron chi connectivity index (χ2n) is 6.42. The van der Waals surface area contributed by atoms with Crippen LogP contribution in [0.15, 0.2) is 30.9 Å². The van der Waals surface area contributed by atoms with Gasteiger partial charge in [-0.3, -0.25) is 9.78 Å². The first-order valence-electron chi connectivity index (χ1n) is 8.41. The van der Waals surface area contributed by atoms with Crippen molar-refractivity contribution in [3.05, 3.63) is 41.4 Å². The fourth-order valence-corrected chi connectivity index (χ4v) is 3.22. The van der Waals surface area contributed by atoms with Gasteiger partial charge in [0.25, 0.3) is 5.91 Å². The molecule has 3 aromatic heterocycles. The average molecular weight is 388 g/mol. The molecule has 1 fully saturated rings. The summed E-state index contributed by atoms with van der Waals surface area (Å²) < 4.78 is 7.42. The van der Waals surface area contributed by atoms with Crippen LogP contribution < -0.4 is 15.8 Å². The number of anilines is 2. The average Bonchev–Trinajstić information content (AvgIpc) is 3.18. The van der Waals surface area contributed by atoms with Gasteiger partial charge in [-0.25, -0.2) is 9.50 Å². The minimum Gasteiger partial charge on any atom is -0.487 e. The molecule has 4 heterocycles. The summed E-state index contributed by atoms with van der Waals surface area (Å²) in [6.45, 7) is 1.81. The van der Waals surface area contributed by atoms with Gasteiger partial charge < -0.3 is 20.7 Å². The molecule has 0 saturated carbocycles. The first-order valence-corrected chi connectivity index (χ1v) is 8.79. The van der Waals surface area contributed by atoms with Gasteiger partial charge in [0.2, 0.25) is 0 Å². The SMILES string of the molecule is CN1CC[C@@H](Oc2ccncc2NC(=O)c2c(N)nn3cc(Cl)cnc23)C1. The zero-order valence-electron chi connectivity index (χ0n) is 14.6. The third-order valence-electron chi connectivity index (χ3n) is 4.37. The van der Waals surface area contributed by atoms with Crippen molar-refractivity contribution in [1.29, 1.82) is 0 Å². The van der Waals surface area contributed by atoms with Crippen LogP contribution in [0.1, 0.15) is 16.8 Å². The van der Waals surface area contributed by atoms with Gasteiger partial charge in [-0.2, -0.15) is 0 Å². The molecule has 1 amide bonds. The smallest absolute Gasteiger partial charge is 0.263 e. The Labute approximate surface area is 160 Å². The van der Waals surface area contributed by atoms with Gasteiger partial charge >= 0.3 is 0 Å². The summed E-state index contributed by atoms with van der Waals surface area (Å²) in [7, 11) is 2.05.